The molecule has 0 saturated heterocycles. The zero-order valence-electron chi connectivity index (χ0n) is 10.2. The highest BCUT2D eigenvalue weighted by Crippen LogP contribution is 2.14. The van der Waals surface area contributed by atoms with Crippen LogP contribution in [0.2, 0.25) is 0 Å². The first-order valence-corrected chi connectivity index (χ1v) is 7.03. The first kappa shape index (κ1) is 13.5. The van der Waals surface area contributed by atoms with Crippen LogP contribution < -0.4 is 5.32 Å². The van der Waals surface area contributed by atoms with E-state index in [0.29, 0.717) is 6.04 Å². The zero-order chi connectivity index (χ0) is 12.0. The minimum absolute atomic E-state index is 0.175. The maximum atomic E-state index is 12.8. The predicted octanol–water partition coefficient (Wildman–Crippen LogP) is 3.62. The van der Waals surface area contributed by atoms with Crippen LogP contribution in [0.5, 0.6) is 0 Å². The van der Waals surface area contributed by atoms with Crippen LogP contribution in [-0.2, 0) is 0 Å². The van der Waals surface area contributed by atoms with Gasteiger partial charge < -0.3 is 5.32 Å². The number of hydrogen-bond acceptors (Lipinski definition) is 2. The van der Waals surface area contributed by atoms with Crippen molar-refractivity contribution in [2.45, 2.75) is 32.4 Å². The van der Waals surface area contributed by atoms with E-state index >= 15 is 0 Å². The van der Waals surface area contributed by atoms with Gasteiger partial charge in [-0.1, -0.05) is 12.1 Å². The third kappa shape index (κ3) is 4.54. The van der Waals surface area contributed by atoms with Crippen LogP contribution >= 0.6 is 11.8 Å². The van der Waals surface area contributed by atoms with Crippen molar-refractivity contribution >= 4 is 11.8 Å². The van der Waals surface area contributed by atoms with Crippen molar-refractivity contribution in [1.29, 1.82) is 0 Å². The van der Waals surface area contributed by atoms with Crippen molar-refractivity contribution < 1.29 is 4.39 Å². The molecule has 0 aromatic heterocycles. The number of hydrogen-bond donors (Lipinski definition) is 1. The molecule has 16 heavy (non-hydrogen) atoms. The molecular weight excluding hydrogens is 221 g/mol. The summed E-state index contributed by atoms with van der Waals surface area (Å²) in [6.07, 6.45) is 3.28. The Morgan fingerprint density at radius 1 is 1.25 bits per heavy atom. The van der Waals surface area contributed by atoms with Crippen LogP contribution in [0.25, 0.3) is 0 Å². The lowest BCUT2D eigenvalue weighted by Crippen LogP contribution is -2.29. The standard InChI is InChI=1S/C13H20FNS/c1-10(8-9-16-3)15-11(2)12-4-6-13(14)7-5-12/h4-7,10-11,15H,8-9H2,1-3H3. The lowest BCUT2D eigenvalue weighted by atomic mass is 10.1. The third-order valence-electron chi connectivity index (χ3n) is 2.66. The van der Waals surface area contributed by atoms with Crippen LogP contribution in [0.15, 0.2) is 24.3 Å². The highest BCUT2D eigenvalue weighted by molar-refractivity contribution is 7.98. The fourth-order valence-electron chi connectivity index (χ4n) is 1.65. The highest BCUT2D eigenvalue weighted by atomic mass is 32.2. The molecular formula is C13H20FNS. The molecule has 2 unspecified atom stereocenters. The summed E-state index contributed by atoms with van der Waals surface area (Å²) < 4.78 is 12.8. The monoisotopic (exact) mass is 241 g/mol. The van der Waals surface area contributed by atoms with Crippen LogP contribution in [0, 0.1) is 5.82 Å². The molecule has 0 bridgehead atoms. The fourth-order valence-corrected chi connectivity index (χ4v) is 2.24. The van der Waals surface area contributed by atoms with Gasteiger partial charge in [-0.3, -0.25) is 0 Å². The summed E-state index contributed by atoms with van der Waals surface area (Å²) in [6, 6.07) is 7.48. The first-order valence-electron chi connectivity index (χ1n) is 5.64. The quantitative estimate of drug-likeness (QED) is 0.816. The summed E-state index contributed by atoms with van der Waals surface area (Å²) >= 11 is 1.87. The highest BCUT2D eigenvalue weighted by Gasteiger charge is 2.08. The molecule has 0 heterocycles. The molecule has 1 rings (SSSR count). The Balaban J connectivity index is 2.45. The van der Waals surface area contributed by atoms with Crippen molar-refractivity contribution in [2.75, 3.05) is 12.0 Å². The molecule has 1 aromatic rings. The Labute approximate surface area is 102 Å². The SMILES string of the molecule is CSCCC(C)NC(C)c1ccc(F)cc1. The van der Waals surface area contributed by atoms with Gasteiger partial charge in [0.15, 0.2) is 0 Å². The van der Waals surface area contributed by atoms with Crippen LogP contribution in [-0.4, -0.2) is 18.1 Å². The second kappa shape index (κ2) is 6.92. The molecule has 0 radical (unpaired) electrons. The average Bonchev–Trinajstić information content (AvgIpc) is 2.27. The Hall–Kier alpha value is -0.540. The Morgan fingerprint density at radius 3 is 2.44 bits per heavy atom. The van der Waals surface area contributed by atoms with Crippen LogP contribution in [0.3, 0.4) is 0 Å². The van der Waals surface area contributed by atoms with E-state index in [-0.39, 0.29) is 11.9 Å². The second-order valence-corrected chi connectivity index (χ2v) is 5.11. The summed E-state index contributed by atoms with van der Waals surface area (Å²) in [7, 11) is 0. The number of rotatable bonds is 6. The largest absolute Gasteiger partial charge is 0.308 e. The third-order valence-corrected chi connectivity index (χ3v) is 3.30. The first-order chi connectivity index (χ1) is 7.63. The predicted molar refractivity (Wildman–Crippen MR) is 70.4 cm³/mol. The van der Waals surface area contributed by atoms with Gasteiger partial charge in [0, 0.05) is 12.1 Å². The molecule has 0 amide bonds. The molecule has 1 aromatic carbocycles. The fraction of sp³-hybridized carbons (Fsp3) is 0.538. The second-order valence-electron chi connectivity index (χ2n) is 4.12. The summed E-state index contributed by atoms with van der Waals surface area (Å²) in [5.74, 6) is 0.996. The van der Waals surface area contributed by atoms with Gasteiger partial charge in [0.2, 0.25) is 0 Å². The van der Waals surface area contributed by atoms with Crippen molar-refractivity contribution in [2.24, 2.45) is 0 Å². The minimum Gasteiger partial charge on any atom is -0.308 e. The molecule has 0 fully saturated rings. The van der Waals surface area contributed by atoms with Crippen molar-refractivity contribution in [3.63, 3.8) is 0 Å². The Morgan fingerprint density at radius 2 is 1.88 bits per heavy atom. The van der Waals surface area contributed by atoms with Gasteiger partial charge in [-0.15, -0.1) is 0 Å². The van der Waals surface area contributed by atoms with Crippen molar-refractivity contribution in [3.8, 4) is 0 Å². The molecule has 0 aliphatic rings. The van der Waals surface area contributed by atoms with Gasteiger partial charge in [0.1, 0.15) is 5.82 Å². The van der Waals surface area contributed by atoms with Gasteiger partial charge in [-0.05, 0) is 50.0 Å². The minimum atomic E-state index is -0.175. The van der Waals surface area contributed by atoms with Crippen LogP contribution in [0.4, 0.5) is 4.39 Å². The van der Waals surface area contributed by atoms with E-state index in [1.165, 1.54) is 17.9 Å². The van der Waals surface area contributed by atoms with Gasteiger partial charge in [-0.2, -0.15) is 11.8 Å². The van der Waals surface area contributed by atoms with Crippen LogP contribution in [0.1, 0.15) is 31.9 Å². The Kier molecular flexibility index (Phi) is 5.85. The van der Waals surface area contributed by atoms with E-state index in [2.05, 4.69) is 25.4 Å². The molecule has 1 nitrogen and oxygen atoms in total. The van der Waals surface area contributed by atoms with Crippen molar-refractivity contribution in [1.82, 2.24) is 5.32 Å². The van der Waals surface area contributed by atoms with E-state index in [9.17, 15) is 4.39 Å². The summed E-state index contributed by atoms with van der Waals surface area (Å²) in [5, 5.41) is 3.51. The average molecular weight is 241 g/mol. The summed E-state index contributed by atoms with van der Waals surface area (Å²) in [5.41, 5.74) is 1.14. The number of halogens is 1. The van der Waals surface area contributed by atoms with Gasteiger partial charge in [-0.25, -0.2) is 4.39 Å². The summed E-state index contributed by atoms with van der Waals surface area (Å²) in [6.45, 7) is 4.30. The maximum Gasteiger partial charge on any atom is 0.123 e. The maximum absolute atomic E-state index is 12.8. The van der Waals surface area contributed by atoms with E-state index in [4.69, 9.17) is 0 Å². The van der Waals surface area contributed by atoms with E-state index in [1.807, 2.05) is 23.9 Å². The molecule has 0 aliphatic carbocycles. The topological polar surface area (TPSA) is 12.0 Å². The lowest BCUT2D eigenvalue weighted by molar-refractivity contribution is 0.471. The Bertz CT molecular complexity index is 299. The van der Waals surface area contributed by atoms with E-state index in [1.54, 1.807) is 0 Å². The molecule has 2 atom stereocenters. The molecule has 90 valence electrons. The van der Waals surface area contributed by atoms with Gasteiger partial charge >= 0.3 is 0 Å². The number of thioether (sulfide) groups is 1. The van der Waals surface area contributed by atoms with Crippen molar-refractivity contribution in [3.05, 3.63) is 35.6 Å². The van der Waals surface area contributed by atoms with Gasteiger partial charge in [0.25, 0.3) is 0 Å². The molecule has 1 N–H and O–H groups in total. The zero-order valence-corrected chi connectivity index (χ0v) is 11.0. The van der Waals surface area contributed by atoms with E-state index in [0.717, 1.165) is 12.0 Å². The molecule has 0 saturated carbocycles. The lowest BCUT2D eigenvalue weighted by Gasteiger charge is -2.20. The smallest absolute Gasteiger partial charge is 0.123 e. The normalized spacial score (nSPS) is 14.8. The summed E-state index contributed by atoms with van der Waals surface area (Å²) in [4.78, 5) is 0. The molecule has 0 spiro atoms. The molecule has 0 aliphatic heterocycles. The van der Waals surface area contributed by atoms with E-state index < -0.39 is 0 Å². The number of nitrogens with one attached hydrogen (secondary N) is 1. The van der Waals surface area contributed by atoms with Gasteiger partial charge in [0.05, 0.1) is 0 Å². The molecule has 3 heteroatoms. The number of benzene rings is 1.